The molecule has 0 bridgehead atoms. The number of ether oxygens (including phenoxy) is 2. The van der Waals surface area contributed by atoms with Gasteiger partial charge in [-0.15, -0.1) is 0 Å². The fourth-order valence-electron chi connectivity index (χ4n) is 2.69. The topological polar surface area (TPSA) is 81.7 Å². The third-order valence-corrected chi connectivity index (χ3v) is 4.28. The maximum absolute atomic E-state index is 12.4. The number of esters is 1. The molecule has 0 aliphatic carbocycles. The van der Waals surface area contributed by atoms with Gasteiger partial charge in [0.2, 0.25) is 5.91 Å². The Kier molecular flexibility index (Phi) is 7.32. The van der Waals surface area contributed by atoms with E-state index in [0.29, 0.717) is 17.0 Å². The molecule has 2 atom stereocenters. The van der Waals surface area contributed by atoms with Crippen molar-refractivity contribution in [3.63, 3.8) is 0 Å². The van der Waals surface area contributed by atoms with Gasteiger partial charge in [-0.05, 0) is 48.9 Å². The van der Waals surface area contributed by atoms with Gasteiger partial charge in [0, 0.05) is 24.6 Å². The summed E-state index contributed by atoms with van der Waals surface area (Å²) in [7, 11) is 1.56. The normalized spacial score (nSPS) is 12.6. The number of anilines is 1. The number of carbonyl (C=O) groups is 3. The highest BCUT2D eigenvalue weighted by molar-refractivity contribution is 5.98. The Morgan fingerprint density at radius 3 is 2.32 bits per heavy atom. The standard InChI is InChI=1S/C22H25NO5/c1-14(12-21(25)17-8-10-20(27-4)11-9-17)22(26)28-15(2)18-6-5-7-19(13-18)23-16(3)24/h5-11,13-15H,12H2,1-4H3,(H,23,24)/t14-,15-/m0/s1. The predicted octanol–water partition coefficient (Wildman–Crippen LogP) is 4.17. The van der Waals surface area contributed by atoms with Crippen LogP contribution >= 0.6 is 0 Å². The molecular weight excluding hydrogens is 358 g/mol. The first kappa shape index (κ1) is 21.2. The highest BCUT2D eigenvalue weighted by Gasteiger charge is 2.22. The van der Waals surface area contributed by atoms with Crippen LogP contribution in [-0.4, -0.2) is 24.8 Å². The van der Waals surface area contributed by atoms with Gasteiger partial charge in [-0.2, -0.15) is 0 Å². The summed E-state index contributed by atoms with van der Waals surface area (Å²) in [5.41, 5.74) is 1.92. The van der Waals surface area contributed by atoms with E-state index in [1.165, 1.54) is 6.92 Å². The lowest BCUT2D eigenvalue weighted by atomic mass is 9.99. The van der Waals surface area contributed by atoms with Crippen molar-refractivity contribution in [2.75, 3.05) is 12.4 Å². The second-order valence-electron chi connectivity index (χ2n) is 6.64. The SMILES string of the molecule is COc1ccc(C(=O)C[C@H](C)C(=O)O[C@@H](C)c2cccc(NC(C)=O)c2)cc1. The number of ketones is 1. The number of carbonyl (C=O) groups excluding carboxylic acids is 3. The van der Waals surface area contributed by atoms with Crippen LogP contribution < -0.4 is 10.1 Å². The van der Waals surface area contributed by atoms with E-state index in [1.807, 2.05) is 6.07 Å². The summed E-state index contributed by atoms with van der Waals surface area (Å²) in [6.45, 7) is 4.85. The number of rotatable bonds is 8. The van der Waals surface area contributed by atoms with Crippen LogP contribution in [0.5, 0.6) is 5.75 Å². The molecule has 0 aliphatic rings. The molecule has 28 heavy (non-hydrogen) atoms. The van der Waals surface area contributed by atoms with Crippen molar-refractivity contribution < 1.29 is 23.9 Å². The Morgan fingerprint density at radius 1 is 1.04 bits per heavy atom. The first-order chi connectivity index (χ1) is 13.3. The van der Waals surface area contributed by atoms with E-state index in [4.69, 9.17) is 9.47 Å². The molecule has 0 fully saturated rings. The number of nitrogens with one attached hydrogen (secondary N) is 1. The van der Waals surface area contributed by atoms with Crippen LogP contribution in [0.2, 0.25) is 0 Å². The van der Waals surface area contributed by atoms with Gasteiger partial charge in [0.15, 0.2) is 5.78 Å². The maximum atomic E-state index is 12.4. The van der Waals surface area contributed by atoms with Gasteiger partial charge < -0.3 is 14.8 Å². The molecule has 0 radical (unpaired) electrons. The Balaban J connectivity index is 1.95. The Labute approximate surface area is 164 Å². The van der Waals surface area contributed by atoms with Crippen LogP contribution in [0.3, 0.4) is 0 Å². The van der Waals surface area contributed by atoms with Crippen molar-refractivity contribution >= 4 is 23.3 Å². The quantitative estimate of drug-likeness (QED) is 0.547. The van der Waals surface area contributed by atoms with E-state index < -0.39 is 18.0 Å². The molecule has 1 amide bonds. The molecule has 0 spiro atoms. The van der Waals surface area contributed by atoms with Crippen molar-refractivity contribution in [3.05, 3.63) is 59.7 Å². The first-order valence-corrected chi connectivity index (χ1v) is 9.05. The van der Waals surface area contributed by atoms with Gasteiger partial charge in [0.05, 0.1) is 13.0 Å². The zero-order chi connectivity index (χ0) is 20.7. The van der Waals surface area contributed by atoms with E-state index in [9.17, 15) is 14.4 Å². The van der Waals surface area contributed by atoms with Crippen LogP contribution in [0.25, 0.3) is 0 Å². The largest absolute Gasteiger partial charge is 0.497 e. The van der Waals surface area contributed by atoms with E-state index in [2.05, 4.69) is 5.32 Å². The van der Waals surface area contributed by atoms with E-state index in [0.717, 1.165) is 5.56 Å². The lowest BCUT2D eigenvalue weighted by molar-refractivity contribution is -0.153. The van der Waals surface area contributed by atoms with Gasteiger partial charge in [0.25, 0.3) is 0 Å². The number of hydrogen-bond donors (Lipinski definition) is 1. The average molecular weight is 383 g/mol. The van der Waals surface area contributed by atoms with Crippen LogP contribution in [0, 0.1) is 5.92 Å². The summed E-state index contributed by atoms with van der Waals surface area (Å²) >= 11 is 0. The van der Waals surface area contributed by atoms with Crippen molar-refractivity contribution in [1.82, 2.24) is 0 Å². The molecule has 0 unspecified atom stereocenters. The van der Waals surface area contributed by atoms with E-state index in [1.54, 1.807) is 63.4 Å². The zero-order valence-corrected chi connectivity index (χ0v) is 16.5. The molecule has 2 aromatic carbocycles. The molecule has 1 N–H and O–H groups in total. The minimum Gasteiger partial charge on any atom is -0.497 e. The Morgan fingerprint density at radius 2 is 1.71 bits per heavy atom. The molecule has 2 rings (SSSR count). The second kappa shape index (κ2) is 9.69. The Hall–Kier alpha value is -3.15. The molecule has 0 aliphatic heterocycles. The summed E-state index contributed by atoms with van der Waals surface area (Å²) in [6, 6.07) is 13.9. The second-order valence-corrected chi connectivity index (χ2v) is 6.64. The summed E-state index contributed by atoms with van der Waals surface area (Å²) in [6.07, 6.45) is -0.441. The molecule has 6 nitrogen and oxygen atoms in total. The first-order valence-electron chi connectivity index (χ1n) is 9.05. The fraction of sp³-hybridized carbons (Fsp3) is 0.318. The zero-order valence-electron chi connectivity index (χ0n) is 16.5. The molecule has 0 saturated heterocycles. The highest BCUT2D eigenvalue weighted by atomic mass is 16.5. The fourth-order valence-corrected chi connectivity index (χ4v) is 2.69. The minimum absolute atomic E-state index is 0.0593. The monoisotopic (exact) mass is 383 g/mol. The lowest BCUT2D eigenvalue weighted by Gasteiger charge is -2.17. The molecule has 0 heterocycles. The molecule has 6 heteroatoms. The van der Waals surface area contributed by atoms with Crippen molar-refractivity contribution in [2.45, 2.75) is 33.3 Å². The summed E-state index contributed by atoms with van der Waals surface area (Å²) in [4.78, 5) is 35.9. The summed E-state index contributed by atoms with van der Waals surface area (Å²) in [5, 5.41) is 2.70. The van der Waals surface area contributed by atoms with Crippen molar-refractivity contribution in [3.8, 4) is 5.75 Å². The van der Waals surface area contributed by atoms with Crippen molar-refractivity contribution in [1.29, 1.82) is 0 Å². The molecule has 0 aromatic heterocycles. The average Bonchev–Trinajstić information content (AvgIpc) is 2.67. The predicted molar refractivity (Wildman–Crippen MR) is 106 cm³/mol. The van der Waals surface area contributed by atoms with Crippen molar-refractivity contribution in [2.24, 2.45) is 5.92 Å². The number of Topliss-reactive ketones (excluding diaryl/α,β-unsaturated/α-hetero) is 1. The third kappa shape index (κ3) is 5.94. The summed E-state index contributed by atoms with van der Waals surface area (Å²) in [5.74, 6) is -0.658. The number of amides is 1. The number of methoxy groups -OCH3 is 1. The maximum Gasteiger partial charge on any atom is 0.309 e. The van der Waals surface area contributed by atoms with Gasteiger partial charge >= 0.3 is 5.97 Å². The van der Waals surface area contributed by atoms with E-state index in [-0.39, 0.29) is 18.1 Å². The third-order valence-electron chi connectivity index (χ3n) is 4.28. The minimum atomic E-state index is -0.574. The number of benzene rings is 2. The highest BCUT2D eigenvalue weighted by Crippen LogP contribution is 2.23. The van der Waals surface area contributed by atoms with Crippen LogP contribution in [-0.2, 0) is 14.3 Å². The van der Waals surface area contributed by atoms with Gasteiger partial charge in [0.1, 0.15) is 11.9 Å². The molecule has 2 aromatic rings. The smallest absolute Gasteiger partial charge is 0.309 e. The number of hydrogen-bond acceptors (Lipinski definition) is 5. The van der Waals surface area contributed by atoms with Crippen LogP contribution in [0.15, 0.2) is 48.5 Å². The Bertz CT molecular complexity index is 844. The van der Waals surface area contributed by atoms with E-state index >= 15 is 0 Å². The molecule has 0 saturated carbocycles. The molecular formula is C22H25NO5. The summed E-state index contributed by atoms with van der Waals surface area (Å²) < 4.78 is 10.6. The van der Waals surface area contributed by atoms with Crippen LogP contribution in [0.1, 0.15) is 49.2 Å². The van der Waals surface area contributed by atoms with Gasteiger partial charge in [-0.1, -0.05) is 19.1 Å². The van der Waals surface area contributed by atoms with Crippen LogP contribution in [0.4, 0.5) is 5.69 Å². The van der Waals surface area contributed by atoms with Gasteiger partial charge in [-0.25, -0.2) is 0 Å². The van der Waals surface area contributed by atoms with Gasteiger partial charge in [-0.3, -0.25) is 14.4 Å². The molecule has 148 valence electrons. The lowest BCUT2D eigenvalue weighted by Crippen LogP contribution is -2.20.